The normalized spacial score (nSPS) is 18.2. The number of hydrogen-bond acceptors (Lipinski definition) is 3. The molecule has 3 N–H and O–H groups in total. The summed E-state index contributed by atoms with van der Waals surface area (Å²) in [6.07, 6.45) is 2.39. The minimum Gasteiger partial charge on any atom is -0.397 e. The quantitative estimate of drug-likeness (QED) is 0.792. The van der Waals surface area contributed by atoms with Crippen molar-refractivity contribution in [2.75, 3.05) is 37.7 Å². The maximum absolute atomic E-state index is 13.1. The first-order valence-corrected chi connectivity index (χ1v) is 6.12. The molecule has 1 aromatic rings. The second kappa shape index (κ2) is 5.36. The van der Waals surface area contributed by atoms with Crippen LogP contribution in [0, 0.1) is 11.7 Å². The van der Waals surface area contributed by atoms with Crippen LogP contribution in [0.1, 0.15) is 12.8 Å². The number of hydrogen-bond donors (Lipinski definition) is 2. The summed E-state index contributed by atoms with van der Waals surface area (Å²) in [6.45, 7) is 3.16. The van der Waals surface area contributed by atoms with Crippen molar-refractivity contribution < 1.29 is 4.39 Å². The smallest absolute Gasteiger partial charge is 0.125 e. The molecule has 0 atom stereocenters. The van der Waals surface area contributed by atoms with Gasteiger partial charge in [0.05, 0.1) is 11.4 Å². The monoisotopic (exact) mass is 237 g/mol. The number of nitrogens with zero attached hydrogens (tertiary/aromatic N) is 1. The molecule has 4 heteroatoms. The second-order valence-corrected chi connectivity index (χ2v) is 4.86. The molecule has 1 aliphatic heterocycles. The number of likely N-dealkylation sites (tertiary alicyclic amines) is 1. The summed E-state index contributed by atoms with van der Waals surface area (Å²) in [4.78, 5) is 2.34. The Kier molecular flexibility index (Phi) is 3.84. The van der Waals surface area contributed by atoms with Gasteiger partial charge in [-0.15, -0.1) is 0 Å². The van der Waals surface area contributed by atoms with Crippen molar-refractivity contribution in [1.29, 1.82) is 0 Å². The molecule has 0 radical (unpaired) electrons. The third-order valence-electron chi connectivity index (χ3n) is 3.43. The lowest BCUT2D eigenvalue weighted by Gasteiger charge is -2.29. The molecule has 0 amide bonds. The van der Waals surface area contributed by atoms with Gasteiger partial charge in [0.15, 0.2) is 0 Å². The molecule has 1 aliphatic rings. The first-order valence-electron chi connectivity index (χ1n) is 6.12. The number of benzene rings is 1. The number of halogens is 1. The van der Waals surface area contributed by atoms with E-state index in [4.69, 9.17) is 5.73 Å². The predicted molar refractivity (Wildman–Crippen MR) is 69.5 cm³/mol. The summed E-state index contributed by atoms with van der Waals surface area (Å²) in [5.41, 5.74) is 7.11. The summed E-state index contributed by atoms with van der Waals surface area (Å²) in [7, 11) is 2.15. The Labute approximate surface area is 102 Å². The number of nitrogen functional groups attached to an aromatic ring is 1. The Balaban J connectivity index is 1.87. The first-order chi connectivity index (χ1) is 8.15. The van der Waals surface area contributed by atoms with Crippen LogP contribution in [0.25, 0.3) is 0 Å². The van der Waals surface area contributed by atoms with Gasteiger partial charge in [-0.05, 0) is 57.1 Å². The van der Waals surface area contributed by atoms with E-state index in [1.165, 1.54) is 25.0 Å². The highest BCUT2D eigenvalue weighted by Gasteiger charge is 2.16. The third-order valence-corrected chi connectivity index (χ3v) is 3.43. The van der Waals surface area contributed by atoms with Crippen LogP contribution in [0.5, 0.6) is 0 Å². The van der Waals surface area contributed by atoms with E-state index in [1.807, 2.05) is 0 Å². The van der Waals surface area contributed by atoms with Gasteiger partial charge in [0, 0.05) is 6.54 Å². The van der Waals surface area contributed by atoms with Crippen LogP contribution in [0.3, 0.4) is 0 Å². The molecule has 1 saturated heterocycles. The third kappa shape index (κ3) is 3.33. The number of nitrogens with two attached hydrogens (primary N) is 1. The van der Waals surface area contributed by atoms with Crippen LogP contribution in [-0.2, 0) is 0 Å². The van der Waals surface area contributed by atoms with Crippen LogP contribution >= 0.6 is 0 Å². The standard InChI is InChI=1S/C13H20FN3/c1-17-6-4-10(5-7-17)9-16-13-8-11(14)2-3-12(13)15/h2-3,8,10,16H,4-7,9,15H2,1H3. The second-order valence-electron chi connectivity index (χ2n) is 4.86. The van der Waals surface area contributed by atoms with Crippen molar-refractivity contribution in [3.8, 4) is 0 Å². The molecule has 0 aliphatic carbocycles. The molecule has 2 rings (SSSR count). The Morgan fingerprint density at radius 3 is 2.82 bits per heavy atom. The Morgan fingerprint density at radius 1 is 1.41 bits per heavy atom. The van der Waals surface area contributed by atoms with E-state index in [0.29, 0.717) is 17.3 Å². The molecular weight excluding hydrogens is 217 g/mol. The first kappa shape index (κ1) is 12.2. The molecule has 0 bridgehead atoms. The molecule has 17 heavy (non-hydrogen) atoms. The SMILES string of the molecule is CN1CCC(CNc2cc(F)ccc2N)CC1. The van der Waals surface area contributed by atoms with Gasteiger partial charge in [-0.25, -0.2) is 4.39 Å². The summed E-state index contributed by atoms with van der Waals surface area (Å²) >= 11 is 0. The zero-order valence-corrected chi connectivity index (χ0v) is 10.2. The van der Waals surface area contributed by atoms with Crippen LogP contribution in [0.4, 0.5) is 15.8 Å². The molecule has 0 unspecified atom stereocenters. The lowest BCUT2D eigenvalue weighted by atomic mass is 9.97. The van der Waals surface area contributed by atoms with Gasteiger partial charge in [-0.2, -0.15) is 0 Å². The molecule has 1 aromatic carbocycles. The lowest BCUT2D eigenvalue weighted by Crippen LogP contribution is -2.33. The fourth-order valence-electron chi connectivity index (χ4n) is 2.20. The van der Waals surface area contributed by atoms with E-state index in [0.717, 1.165) is 19.6 Å². The van der Waals surface area contributed by atoms with E-state index >= 15 is 0 Å². The van der Waals surface area contributed by atoms with Crippen molar-refractivity contribution in [2.45, 2.75) is 12.8 Å². The van der Waals surface area contributed by atoms with Crippen LogP contribution in [0.15, 0.2) is 18.2 Å². The summed E-state index contributed by atoms with van der Waals surface area (Å²) in [5.74, 6) is 0.416. The van der Waals surface area contributed by atoms with Gasteiger partial charge in [-0.3, -0.25) is 0 Å². The molecule has 1 fully saturated rings. The van der Waals surface area contributed by atoms with Crippen LogP contribution in [-0.4, -0.2) is 31.6 Å². The average Bonchev–Trinajstić information content (AvgIpc) is 2.32. The molecule has 94 valence electrons. The minimum absolute atomic E-state index is 0.245. The van der Waals surface area contributed by atoms with Gasteiger partial charge in [0.25, 0.3) is 0 Å². The zero-order chi connectivity index (χ0) is 12.3. The molecule has 3 nitrogen and oxygen atoms in total. The van der Waals surface area contributed by atoms with Crippen molar-refractivity contribution in [1.82, 2.24) is 4.90 Å². The number of nitrogens with one attached hydrogen (secondary N) is 1. The summed E-state index contributed by atoms with van der Waals surface area (Å²) in [6, 6.07) is 4.45. The van der Waals surface area contributed by atoms with Crippen molar-refractivity contribution in [3.63, 3.8) is 0 Å². The van der Waals surface area contributed by atoms with Crippen molar-refractivity contribution >= 4 is 11.4 Å². The fourth-order valence-corrected chi connectivity index (χ4v) is 2.20. The topological polar surface area (TPSA) is 41.3 Å². The number of anilines is 2. The average molecular weight is 237 g/mol. The molecule has 1 heterocycles. The predicted octanol–water partition coefficient (Wildman–Crippen LogP) is 2.16. The number of rotatable bonds is 3. The molecule has 0 saturated carbocycles. The number of piperidine rings is 1. The van der Waals surface area contributed by atoms with Gasteiger partial charge in [-0.1, -0.05) is 0 Å². The van der Waals surface area contributed by atoms with Gasteiger partial charge < -0.3 is 16.0 Å². The molecule has 0 spiro atoms. The van der Waals surface area contributed by atoms with Gasteiger partial charge >= 0.3 is 0 Å². The largest absolute Gasteiger partial charge is 0.397 e. The van der Waals surface area contributed by atoms with E-state index in [9.17, 15) is 4.39 Å². The maximum atomic E-state index is 13.1. The highest BCUT2D eigenvalue weighted by atomic mass is 19.1. The van der Waals surface area contributed by atoms with E-state index in [-0.39, 0.29) is 5.82 Å². The molecule has 0 aromatic heterocycles. The summed E-state index contributed by atoms with van der Waals surface area (Å²) < 4.78 is 13.1. The highest BCUT2D eigenvalue weighted by Crippen LogP contribution is 2.22. The summed E-state index contributed by atoms with van der Waals surface area (Å²) in [5, 5.41) is 3.25. The van der Waals surface area contributed by atoms with Crippen molar-refractivity contribution in [3.05, 3.63) is 24.0 Å². The van der Waals surface area contributed by atoms with Gasteiger partial charge in [0.2, 0.25) is 0 Å². The Morgan fingerprint density at radius 2 is 2.12 bits per heavy atom. The zero-order valence-electron chi connectivity index (χ0n) is 10.2. The molecular formula is C13H20FN3. The lowest BCUT2D eigenvalue weighted by molar-refractivity contribution is 0.226. The fraction of sp³-hybridized carbons (Fsp3) is 0.538. The van der Waals surface area contributed by atoms with Crippen LogP contribution < -0.4 is 11.1 Å². The van der Waals surface area contributed by atoms with E-state index in [2.05, 4.69) is 17.3 Å². The van der Waals surface area contributed by atoms with Crippen molar-refractivity contribution in [2.24, 2.45) is 5.92 Å². The minimum atomic E-state index is -0.245. The maximum Gasteiger partial charge on any atom is 0.125 e. The van der Waals surface area contributed by atoms with E-state index in [1.54, 1.807) is 6.07 Å². The highest BCUT2D eigenvalue weighted by molar-refractivity contribution is 5.65. The Bertz CT molecular complexity index is 373. The Hall–Kier alpha value is -1.29. The van der Waals surface area contributed by atoms with Gasteiger partial charge in [0.1, 0.15) is 5.82 Å². The van der Waals surface area contributed by atoms with Crippen LogP contribution in [0.2, 0.25) is 0 Å². The van der Waals surface area contributed by atoms with E-state index < -0.39 is 0 Å².